The fourth-order valence-electron chi connectivity index (χ4n) is 3.07. The molecule has 3 rings (SSSR count). The van der Waals surface area contributed by atoms with Crippen LogP contribution >= 0.6 is 24.4 Å². The highest BCUT2D eigenvalue weighted by Crippen LogP contribution is 2.15. The third-order valence-corrected chi connectivity index (χ3v) is 4.76. The molecule has 5 N–H and O–H groups in total. The molecule has 2 saturated carbocycles. The van der Waals surface area contributed by atoms with Gasteiger partial charge in [-0.05, 0) is 44.1 Å². The van der Waals surface area contributed by atoms with Crippen molar-refractivity contribution >= 4 is 34.8 Å². The van der Waals surface area contributed by atoms with Crippen LogP contribution < -0.4 is 11.1 Å². The molecule has 0 radical (unpaired) electrons. The van der Waals surface area contributed by atoms with Crippen molar-refractivity contribution in [1.29, 1.82) is 0 Å². The van der Waals surface area contributed by atoms with E-state index in [1.165, 1.54) is 82.6 Å². The zero-order chi connectivity index (χ0) is 23.7. The van der Waals surface area contributed by atoms with E-state index in [9.17, 15) is 0 Å². The van der Waals surface area contributed by atoms with Crippen molar-refractivity contribution in [3.8, 4) is 0 Å². The van der Waals surface area contributed by atoms with Gasteiger partial charge in [0.05, 0.1) is 0 Å². The Morgan fingerprint density at radius 3 is 1.26 bits per heavy atom. The molecule has 0 atom stereocenters. The SMILES string of the molecule is C1CCCCC1.C1CCCCC1.CN(C)Cc1ccccc1.CNC(O)=S.NC(O)=S. The van der Waals surface area contributed by atoms with Crippen LogP contribution in [-0.4, -0.2) is 46.6 Å². The number of nitrogens with one attached hydrogen (secondary N) is 1. The molecule has 2 fully saturated rings. The molecule has 0 unspecified atom stereocenters. The van der Waals surface area contributed by atoms with E-state index < -0.39 is 5.17 Å². The van der Waals surface area contributed by atoms with Crippen LogP contribution in [0, 0.1) is 0 Å². The Hall–Kier alpha value is -1.44. The summed E-state index contributed by atoms with van der Waals surface area (Å²) in [7, 11) is 5.71. The molecular formula is C24H45N3O2S2. The third-order valence-electron chi connectivity index (χ3n) is 4.56. The second-order valence-corrected chi connectivity index (χ2v) is 8.66. The second-order valence-electron chi connectivity index (χ2n) is 7.86. The van der Waals surface area contributed by atoms with Crippen LogP contribution in [0.1, 0.15) is 82.6 Å². The number of thiocarbonyl (C=S) groups is 2. The standard InChI is InChI=1S/C9H13N.2C6H12.C2H5NOS.CH3NOS/c1-10(2)8-9-6-4-3-5-7-9;2*1-2-4-6-5-3-1;1-3-2(4)5;2-1(3)4/h3-7H,8H2,1-2H3;2*1-6H2;1H3,(H2,3,4,5);(H3,2,3,4). The van der Waals surface area contributed by atoms with Crippen molar-refractivity contribution in [2.24, 2.45) is 5.73 Å². The van der Waals surface area contributed by atoms with Gasteiger partial charge in [-0.3, -0.25) is 0 Å². The lowest BCUT2D eigenvalue weighted by Crippen LogP contribution is -2.12. The zero-order valence-corrected chi connectivity index (χ0v) is 21.4. The summed E-state index contributed by atoms with van der Waals surface area (Å²) in [6.07, 6.45) is 18.0. The van der Waals surface area contributed by atoms with Crippen LogP contribution in [0.25, 0.3) is 0 Å². The highest BCUT2D eigenvalue weighted by Gasteiger charge is 1.96. The summed E-state index contributed by atoms with van der Waals surface area (Å²) in [5.74, 6) is 0. The topological polar surface area (TPSA) is 81.8 Å². The molecule has 2 aliphatic carbocycles. The van der Waals surface area contributed by atoms with Crippen molar-refractivity contribution in [2.45, 2.75) is 83.6 Å². The first-order valence-corrected chi connectivity index (χ1v) is 12.2. The average molecular weight is 472 g/mol. The van der Waals surface area contributed by atoms with Gasteiger partial charge in [0.25, 0.3) is 10.3 Å². The summed E-state index contributed by atoms with van der Waals surface area (Å²) >= 11 is 8.01. The lowest BCUT2D eigenvalue weighted by Gasteiger charge is -2.08. The maximum atomic E-state index is 7.98. The van der Waals surface area contributed by atoms with E-state index in [0.29, 0.717) is 0 Å². The van der Waals surface area contributed by atoms with E-state index in [2.05, 4.69) is 78.7 Å². The molecule has 0 aliphatic heterocycles. The number of rotatable bonds is 2. The van der Waals surface area contributed by atoms with Crippen molar-refractivity contribution in [3.05, 3.63) is 35.9 Å². The summed E-state index contributed by atoms with van der Waals surface area (Å²) in [4.78, 5) is 2.16. The van der Waals surface area contributed by atoms with Crippen molar-refractivity contribution in [1.82, 2.24) is 10.2 Å². The monoisotopic (exact) mass is 471 g/mol. The minimum Gasteiger partial charge on any atom is -0.487 e. The molecule has 5 nitrogen and oxygen atoms in total. The molecule has 0 amide bonds. The zero-order valence-electron chi connectivity index (χ0n) is 19.8. The fraction of sp³-hybridized carbons (Fsp3) is 0.667. The minimum absolute atomic E-state index is 0.162. The number of nitrogens with two attached hydrogens (primary N) is 1. The number of hydrogen-bond donors (Lipinski definition) is 4. The molecule has 2 aliphatic rings. The first-order chi connectivity index (χ1) is 14.8. The molecule has 0 saturated heterocycles. The molecule has 0 bridgehead atoms. The summed E-state index contributed by atoms with van der Waals surface area (Å²) in [6, 6.07) is 10.5. The molecule has 1 aromatic carbocycles. The third kappa shape index (κ3) is 33.4. The van der Waals surface area contributed by atoms with E-state index in [4.69, 9.17) is 10.2 Å². The van der Waals surface area contributed by atoms with Gasteiger partial charge in [0.1, 0.15) is 0 Å². The van der Waals surface area contributed by atoms with Crippen LogP contribution in [0.2, 0.25) is 0 Å². The Morgan fingerprint density at radius 1 is 0.806 bits per heavy atom. The van der Waals surface area contributed by atoms with Crippen LogP contribution in [0.4, 0.5) is 0 Å². The fourth-order valence-corrected chi connectivity index (χ4v) is 3.07. The number of benzene rings is 1. The van der Waals surface area contributed by atoms with Gasteiger partial charge in [-0.15, -0.1) is 0 Å². The highest BCUT2D eigenvalue weighted by molar-refractivity contribution is 7.80. The Labute approximate surface area is 201 Å². The largest absolute Gasteiger partial charge is 0.487 e. The average Bonchev–Trinajstić information content (AvgIpc) is 2.77. The quantitative estimate of drug-likeness (QED) is 0.379. The number of nitrogens with zero attached hydrogens (tertiary/aromatic N) is 1. The van der Waals surface area contributed by atoms with Crippen molar-refractivity contribution < 1.29 is 10.2 Å². The van der Waals surface area contributed by atoms with Gasteiger partial charge in [-0.1, -0.05) is 107 Å². The number of hydrogen-bond acceptors (Lipinski definition) is 3. The Kier molecular flexibility index (Phi) is 25.4. The van der Waals surface area contributed by atoms with Gasteiger partial charge in [-0.2, -0.15) is 0 Å². The highest BCUT2D eigenvalue weighted by atomic mass is 32.1. The molecule has 31 heavy (non-hydrogen) atoms. The molecule has 1 aromatic rings. The Morgan fingerprint density at radius 2 is 1.06 bits per heavy atom. The minimum atomic E-state index is -0.500. The Balaban J connectivity index is 0. The van der Waals surface area contributed by atoms with Gasteiger partial charge >= 0.3 is 0 Å². The van der Waals surface area contributed by atoms with Crippen LogP contribution in [0.3, 0.4) is 0 Å². The lowest BCUT2D eigenvalue weighted by atomic mass is 10.0. The lowest BCUT2D eigenvalue weighted by molar-refractivity contribution is 0.402. The molecule has 0 heterocycles. The van der Waals surface area contributed by atoms with Gasteiger partial charge in [-0.25, -0.2) is 0 Å². The van der Waals surface area contributed by atoms with Crippen LogP contribution in [0.5, 0.6) is 0 Å². The number of aliphatic hydroxyl groups excluding tert-OH is 2. The van der Waals surface area contributed by atoms with Crippen LogP contribution in [-0.2, 0) is 6.54 Å². The van der Waals surface area contributed by atoms with Crippen molar-refractivity contribution in [3.63, 3.8) is 0 Å². The predicted molar refractivity (Wildman–Crippen MR) is 143 cm³/mol. The van der Waals surface area contributed by atoms with Crippen molar-refractivity contribution in [2.75, 3.05) is 21.1 Å². The Bertz CT molecular complexity index is 482. The molecule has 0 aromatic heterocycles. The maximum absolute atomic E-state index is 7.98. The summed E-state index contributed by atoms with van der Waals surface area (Å²) in [5, 5.41) is 17.2. The first kappa shape index (κ1) is 31.7. The van der Waals surface area contributed by atoms with E-state index in [1.54, 1.807) is 7.05 Å². The van der Waals surface area contributed by atoms with Gasteiger partial charge < -0.3 is 26.2 Å². The van der Waals surface area contributed by atoms with Crippen LogP contribution in [0.15, 0.2) is 30.3 Å². The first-order valence-electron chi connectivity index (χ1n) is 11.4. The van der Waals surface area contributed by atoms with E-state index in [-0.39, 0.29) is 5.17 Å². The van der Waals surface area contributed by atoms with Gasteiger partial charge in [0.2, 0.25) is 0 Å². The van der Waals surface area contributed by atoms with E-state index in [0.717, 1.165) is 6.54 Å². The summed E-state index contributed by atoms with van der Waals surface area (Å²) in [5.41, 5.74) is 5.77. The van der Waals surface area contributed by atoms with E-state index in [1.807, 2.05) is 6.07 Å². The molecule has 7 heteroatoms. The molecule has 0 spiro atoms. The normalized spacial score (nSPS) is 14.5. The summed E-state index contributed by atoms with van der Waals surface area (Å²) in [6.45, 7) is 1.03. The summed E-state index contributed by atoms with van der Waals surface area (Å²) < 4.78 is 0. The van der Waals surface area contributed by atoms with E-state index >= 15 is 0 Å². The molecular weight excluding hydrogens is 426 g/mol. The maximum Gasteiger partial charge on any atom is 0.253 e. The molecule has 180 valence electrons. The smallest absolute Gasteiger partial charge is 0.253 e. The predicted octanol–water partition coefficient (Wildman–Crippen LogP) is 6.27. The van der Waals surface area contributed by atoms with Gasteiger partial charge in [0.15, 0.2) is 0 Å². The van der Waals surface area contributed by atoms with Gasteiger partial charge in [0, 0.05) is 13.6 Å². The second kappa shape index (κ2) is 24.8. The number of aliphatic hydroxyl groups is 2.